The van der Waals surface area contributed by atoms with E-state index in [0.717, 1.165) is 18.7 Å². The number of carbonyl (C=O) groups is 2. The van der Waals surface area contributed by atoms with Gasteiger partial charge in [-0.05, 0) is 30.7 Å². The highest BCUT2D eigenvalue weighted by atomic mass is 16.5. The van der Waals surface area contributed by atoms with Gasteiger partial charge in [0.25, 0.3) is 0 Å². The summed E-state index contributed by atoms with van der Waals surface area (Å²) in [5.74, 6) is 0.817. The number of piperidine rings is 1. The fraction of sp³-hybridized carbons (Fsp3) is 0.524. The molecule has 1 aromatic rings. The van der Waals surface area contributed by atoms with Gasteiger partial charge in [0.05, 0.1) is 18.2 Å². The first-order valence-electron chi connectivity index (χ1n) is 9.72. The molecule has 27 heavy (non-hydrogen) atoms. The Morgan fingerprint density at radius 3 is 2.48 bits per heavy atom. The number of carbonyl (C=O) groups excluding carboxylic acids is 2. The van der Waals surface area contributed by atoms with Crippen molar-refractivity contribution in [2.75, 3.05) is 26.2 Å². The van der Waals surface area contributed by atoms with Gasteiger partial charge in [-0.1, -0.05) is 44.2 Å². The minimum Gasteiger partial charge on any atom is -0.463 e. The van der Waals surface area contributed by atoms with Crippen molar-refractivity contribution in [2.45, 2.75) is 33.2 Å². The van der Waals surface area contributed by atoms with Gasteiger partial charge in [0.15, 0.2) is 0 Å². The number of urea groups is 1. The maximum absolute atomic E-state index is 12.8. The van der Waals surface area contributed by atoms with Crippen LogP contribution in [0.4, 0.5) is 4.79 Å². The van der Waals surface area contributed by atoms with E-state index < -0.39 is 6.04 Å². The standard InChI is InChI=1S/C21H29N3O3/c1-4-27-20(25)18-17(13-24-11-14(2)10-15(3)12-24)22-21(26)23-19(18)16-8-6-5-7-9-16/h5-9,14-15,19H,4,10-13H2,1-3H3,(H2,22,23,26)/t14-,15+,19-/m1/s1. The molecular weight excluding hydrogens is 342 g/mol. The Labute approximate surface area is 161 Å². The van der Waals surface area contributed by atoms with Crippen LogP contribution >= 0.6 is 0 Å². The monoisotopic (exact) mass is 371 g/mol. The van der Waals surface area contributed by atoms with Crippen LogP contribution in [0.25, 0.3) is 0 Å². The van der Waals surface area contributed by atoms with Crippen molar-refractivity contribution in [1.82, 2.24) is 15.5 Å². The third kappa shape index (κ3) is 4.69. The Balaban J connectivity index is 1.95. The Morgan fingerprint density at radius 1 is 1.19 bits per heavy atom. The second-order valence-electron chi connectivity index (χ2n) is 7.69. The van der Waals surface area contributed by atoms with Crippen molar-refractivity contribution in [3.05, 3.63) is 47.2 Å². The summed E-state index contributed by atoms with van der Waals surface area (Å²) in [7, 11) is 0. The molecule has 6 heteroatoms. The van der Waals surface area contributed by atoms with E-state index in [0.29, 0.717) is 36.3 Å². The lowest BCUT2D eigenvalue weighted by atomic mass is 9.91. The molecule has 2 aliphatic heterocycles. The van der Waals surface area contributed by atoms with Crippen molar-refractivity contribution in [2.24, 2.45) is 11.8 Å². The van der Waals surface area contributed by atoms with Crippen LogP contribution < -0.4 is 10.6 Å². The summed E-state index contributed by atoms with van der Waals surface area (Å²) in [6.45, 7) is 9.04. The zero-order chi connectivity index (χ0) is 19.4. The fourth-order valence-electron chi connectivity index (χ4n) is 4.23. The van der Waals surface area contributed by atoms with Gasteiger partial charge >= 0.3 is 12.0 Å². The summed E-state index contributed by atoms with van der Waals surface area (Å²) >= 11 is 0. The average Bonchev–Trinajstić information content (AvgIpc) is 2.61. The second-order valence-corrected chi connectivity index (χ2v) is 7.69. The number of benzene rings is 1. The molecule has 6 nitrogen and oxygen atoms in total. The van der Waals surface area contributed by atoms with Crippen LogP contribution in [0.15, 0.2) is 41.6 Å². The number of hydrogen-bond donors (Lipinski definition) is 2. The molecule has 3 rings (SSSR count). The Hall–Kier alpha value is -2.34. The molecule has 2 N–H and O–H groups in total. The maximum atomic E-state index is 12.8. The van der Waals surface area contributed by atoms with Crippen LogP contribution in [-0.2, 0) is 9.53 Å². The maximum Gasteiger partial charge on any atom is 0.338 e. The van der Waals surface area contributed by atoms with Gasteiger partial charge in [-0.2, -0.15) is 0 Å². The van der Waals surface area contributed by atoms with Crippen LogP contribution in [0.2, 0.25) is 0 Å². The number of nitrogens with zero attached hydrogens (tertiary/aromatic N) is 1. The van der Waals surface area contributed by atoms with Crippen LogP contribution in [0.1, 0.15) is 38.8 Å². The molecule has 0 bridgehead atoms. The SMILES string of the molecule is CCOC(=O)C1=C(CN2C[C@H](C)C[C@H](C)C2)NC(=O)N[C@@H]1c1ccccc1. The second kappa shape index (κ2) is 8.57. The average molecular weight is 371 g/mol. The molecular formula is C21H29N3O3. The van der Waals surface area contributed by atoms with Crippen molar-refractivity contribution in [3.63, 3.8) is 0 Å². The zero-order valence-corrected chi connectivity index (χ0v) is 16.3. The largest absolute Gasteiger partial charge is 0.463 e. The molecule has 146 valence electrons. The number of rotatable bonds is 5. The summed E-state index contributed by atoms with van der Waals surface area (Å²) < 4.78 is 5.32. The molecule has 0 spiro atoms. The van der Waals surface area contributed by atoms with E-state index in [1.165, 1.54) is 6.42 Å². The minimum absolute atomic E-state index is 0.287. The van der Waals surface area contributed by atoms with Crippen molar-refractivity contribution >= 4 is 12.0 Å². The number of hydrogen-bond acceptors (Lipinski definition) is 4. The molecule has 0 saturated carbocycles. The molecule has 0 aliphatic carbocycles. The molecule has 0 radical (unpaired) electrons. The predicted octanol–water partition coefficient (Wildman–Crippen LogP) is 2.84. The van der Waals surface area contributed by atoms with E-state index in [9.17, 15) is 9.59 Å². The molecule has 0 aromatic heterocycles. The first kappa shape index (κ1) is 19.4. The van der Waals surface area contributed by atoms with Crippen molar-refractivity contribution in [3.8, 4) is 0 Å². The van der Waals surface area contributed by atoms with E-state index in [2.05, 4.69) is 29.4 Å². The fourth-order valence-corrected chi connectivity index (χ4v) is 4.23. The van der Waals surface area contributed by atoms with Gasteiger partial charge < -0.3 is 15.4 Å². The minimum atomic E-state index is -0.506. The summed E-state index contributed by atoms with van der Waals surface area (Å²) in [6.07, 6.45) is 1.21. The van der Waals surface area contributed by atoms with E-state index in [1.54, 1.807) is 6.92 Å². The predicted molar refractivity (Wildman–Crippen MR) is 104 cm³/mol. The molecule has 1 fully saturated rings. The number of ether oxygens (including phenoxy) is 1. The van der Waals surface area contributed by atoms with Gasteiger partial charge in [-0.15, -0.1) is 0 Å². The molecule has 2 heterocycles. The molecule has 3 atom stereocenters. The Kier molecular flexibility index (Phi) is 6.16. The van der Waals surface area contributed by atoms with Gasteiger partial charge in [0.2, 0.25) is 0 Å². The first-order valence-corrected chi connectivity index (χ1v) is 9.72. The summed E-state index contributed by atoms with van der Waals surface area (Å²) in [5, 5.41) is 5.75. The number of esters is 1. The van der Waals surface area contributed by atoms with Crippen LogP contribution in [0, 0.1) is 11.8 Å². The van der Waals surface area contributed by atoms with E-state index in [-0.39, 0.29) is 12.0 Å². The van der Waals surface area contributed by atoms with Gasteiger partial charge in [0, 0.05) is 25.3 Å². The molecule has 2 aliphatic rings. The Bertz CT molecular complexity index is 707. The highest BCUT2D eigenvalue weighted by Crippen LogP contribution is 2.29. The smallest absolute Gasteiger partial charge is 0.338 e. The van der Waals surface area contributed by atoms with Crippen LogP contribution in [0.3, 0.4) is 0 Å². The van der Waals surface area contributed by atoms with Gasteiger partial charge in [0.1, 0.15) is 0 Å². The third-order valence-corrected chi connectivity index (χ3v) is 5.11. The lowest BCUT2D eigenvalue weighted by molar-refractivity contribution is -0.139. The van der Waals surface area contributed by atoms with Crippen molar-refractivity contribution in [1.29, 1.82) is 0 Å². The summed E-state index contributed by atoms with van der Waals surface area (Å²) in [4.78, 5) is 27.4. The Morgan fingerprint density at radius 2 is 1.85 bits per heavy atom. The van der Waals surface area contributed by atoms with E-state index in [4.69, 9.17) is 4.74 Å². The lowest BCUT2D eigenvalue weighted by Gasteiger charge is -2.37. The highest BCUT2D eigenvalue weighted by molar-refractivity contribution is 5.95. The number of likely N-dealkylation sites (tertiary alicyclic amines) is 1. The van der Waals surface area contributed by atoms with Gasteiger partial charge in [-0.3, -0.25) is 4.90 Å². The zero-order valence-electron chi connectivity index (χ0n) is 16.3. The van der Waals surface area contributed by atoms with Crippen LogP contribution in [0.5, 0.6) is 0 Å². The molecule has 1 aromatic carbocycles. The topological polar surface area (TPSA) is 70.7 Å². The molecule has 2 amide bonds. The number of amides is 2. The third-order valence-electron chi connectivity index (χ3n) is 5.11. The van der Waals surface area contributed by atoms with E-state index >= 15 is 0 Å². The molecule has 1 saturated heterocycles. The van der Waals surface area contributed by atoms with Crippen LogP contribution in [-0.4, -0.2) is 43.1 Å². The molecule has 0 unspecified atom stereocenters. The highest BCUT2D eigenvalue weighted by Gasteiger charge is 2.35. The normalized spacial score (nSPS) is 26.3. The van der Waals surface area contributed by atoms with E-state index in [1.807, 2.05) is 30.3 Å². The lowest BCUT2D eigenvalue weighted by Crippen LogP contribution is -2.50. The quantitative estimate of drug-likeness (QED) is 0.781. The first-order chi connectivity index (χ1) is 13.0. The summed E-state index contributed by atoms with van der Waals surface area (Å²) in [5.41, 5.74) is 2.01. The number of nitrogens with one attached hydrogen (secondary N) is 2. The summed E-state index contributed by atoms with van der Waals surface area (Å²) in [6, 6.07) is 8.76. The van der Waals surface area contributed by atoms with Gasteiger partial charge in [-0.25, -0.2) is 9.59 Å². The van der Waals surface area contributed by atoms with Crippen molar-refractivity contribution < 1.29 is 14.3 Å².